The van der Waals surface area contributed by atoms with E-state index in [-0.39, 0.29) is 11.6 Å². The van der Waals surface area contributed by atoms with Crippen LogP contribution in [0.15, 0.2) is 0 Å². The van der Waals surface area contributed by atoms with E-state index in [0.29, 0.717) is 0 Å². The van der Waals surface area contributed by atoms with E-state index >= 15 is 0 Å². The van der Waals surface area contributed by atoms with Crippen molar-refractivity contribution >= 4 is 0 Å². The second kappa shape index (κ2) is 1.95. The molecule has 0 aromatic rings. The molecule has 2 saturated carbocycles. The van der Waals surface area contributed by atoms with Gasteiger partial charge in [-0.05, 0) is 25.2 Å². The largest absolute Gasteiger partial charge is 0.390 e. The lowest BCUT2D eigenvalue weighted by Gasteiger charge is -2.42. The second-order valence-electron chi connectivity index (χ2n) is 4.04. The molecule has 0 unspecified atom stereocenters. The Kier molecular flexibility index (Phi) is 1.29. The molecule has 2 fully saturated rings. The molecule has 0 saturated heterocycles. The maximum Gasteiger partial charge on any atom is 0.0680 e. The predicted octanol–water partition coefficient (Wildman–Crippen LogP) is 0.639. The Balaban J connectivity index is 1.79. The van der Waals surface area contributed by atoms with Crippen molar-refractivity contribution in [1.82, 2.24) is 0 Å². The minimum absolute atomic E-state index is 0.281. The number of rotatable bonds is 2. The Bertz CT molecular complexity index is 136. The fraction of sp³-hybridized carbons (Fsp3) is 1.00. The van der Waals surface area contributed by atoms with E-state index in [1.54, 1.807) is 0 Å². The first-order chi connectivity index (χ1) is 4.68. The molecule has 2 rings (SSSR count). The van der Waals surface area contributed by atoms with Gasteiger partial charge in [0.2, 0.25) is 0 Å². The summed E-state index contributed by atoms with van der Waals surface area (Å²) in [7, 11) is 0. The quantitative estimate of drug-likeness (QED) is 0.592. The van der Waals surface area contributed by atoms with Gasteiger partial charge in [0.1, 0.15) is 0 Å². The molecule has 2 aliphatic rings. The Morgan fingerprint density at radius 1 is 1.40 bits per heavy atom. The normalized spacial score (nSPS) is 46.8. The highest BCUT2D eigenvalue weighted by Crippen LogP contribution is 2.44. The molecule has 0 spiro atoms. The highest BCUT2D eigenvalue weighted by Gasteiger charge is 2.43. The predicted molar refractivity (Wildman–Crippen MR) is 39.5 cm³/mol. The molecule has 2 heteroatoms. The van der Waals surface area contributed by atoms with Crippen LogP contribution < -0.4 is 5.73 Å². The molecule has 2 aliphatic carbocycles. The fourth-order valence-corrected chi connectivity index (χ4v) is 1.94. The third-order valence-electron chi connectivity index (χ3n) is 2.65. The zero-order valence-electron chi connectivity index (χ0n) is 6.21. The summed E-state index contributed by atoms with van der Waals surface area (Å²) in [6.45, 7) is 0. The van der Waals surface area contributed by atoms with E-state index in [4.69, 9.17) is 5.73 Å². The molecule has 3 N–H and O–H groups in total. The van der Waals surface area contributed by atoms with Gasteiger partial charge in [0.25, 0.3) is 0 Å². The molecule has 58 valence electrons. The summed E-state index contributed by atoms with van der Waals surface area (Å²) in [6.07, 6.45) is 5.35. The second-order valence-corrected chi connectivity index (χ2v) is 4.04. The van der Waals surface area contributed by atoms with Gasteiger partial charge < -0.3 is 10.8 Å². The Morgan fingerprint density at radius 2 is 2.00 bits per heavy atom. The van der Waals surface area contributed by atoms with Crippen LogP contribution in [0.2, 0.25) is 0 Å². The van der Waals surface area contributed by atoms with Crippen LogP contribution in [0, 0.1) is 5.92 Å². The van der Waals surface area contributed by atoms with Gasteiger partial charge in [0, 0.05) is 6.04 Å². The number of nitrogens with two attached hydrogens (primary N) is 1. The standard InChI is InChI=1S/C8H15NO/c9-7-4-8(10,5-7)3-6-1-2-6/h6-7,10H,1-5,9H2. The van der Waals surface area contributed by atoms with Crippen molar-refractivity contribution in [2.75, 3.05) is 0 Å². The van der Waals surface area contributed by atoms with Gasteiger partial charge in [-0.1, -0.05) is 12.8 Å². The fourth-order valence-electron chi connectivity index (χ4n) is 1.94. The Morgan fingerprint density at radius 3 is 2.40 bits per heavy atom. The first-order valence-electron chi connectivity index (χ1n) is 4.16. The monoisotopic (exact) mass is 141 g/mol. The average molecular weight is 141 g/mol. The van der Waals surface area contributed by atoms with Crippen LogP contribution in [0.5, 0.6) is 0 Å². The first-order valence-corrected chi connectivity index (χ1v) is 4.16. The van der Waals surface area contributed by atoms with Gasteiger partial charge in [-0.25, -0.2) is 0 Å². The Labute approximate surface area is 61.4 Å². The van der Waals surface area contributed by atoms with Gasteiger partial charge in [0.05, 0.1) is 5.60 Å². The average Bonchev–Trinajstić information content (AvgIpc) is 2.45. The van der Waals surface area contributed by atoms with Crippen LogP contribution in [0.4, 0.5) is 0 Å². The molecule has 2 nitrogen and oxygen atoms in total. The number of aliphatic hydroxyl groups is 1. The third kappa shape index (κ3) is 1.18. The summed E-state index contributed by atoms with van der Waals surface area (Å²) in [5, 5.41) is 9.71. The molecule has 0 radical (unpaired) electrons. The van der Waals surface area contributed by atoms with Gasteiger partial charge in [-0.2, -0.15) is 0 Å². The maximum atomic E-state index is 9.71. The first kappa shape index (κ1) is 6.62. The van der Waals surface area contributed by atoms with Crippen molar-refractivity contribution in [1.29, 1.82) is 0 Å². The van der Waals surface area contributed by atoms with Crippen molar-refractivity contribution in [3.8, 4) is 0 Å². The summed E-state index contributed by atoms with van der Waals surface area (Å²) in [6, 6.07) is 0.281. The minimum atomic E-state index is -0.347. The number of hydrogen-bond donors (Lipinski definition) is 2. The maximum absolute atomic E-state index is 9.71. The van der Waals surface area contributed by atoms with Crippen LogP contribution in [0.3, 0.4) is 0 Å². The van der Waals surface area contributed by atoms with Crippen molar-refractivity contribution in [3.05, 3.63) is 0 Å². The summed E-state index contributed by atoms with van der Waals surface area (Å²) >= 11 is 0. The van der Waals surface area contributed by atoms with Crippen molar-refractivity contribution in [2.45, 2.75) is 43.7 Å². The minimum Gasteiger partial charge on any atom is -0.390 e. The summed E-state index contributed by atoms with van der Waals surface area (Å²) in [4.78, 5) is 0. The third-order valence-corrected chi connectivity index (χ3v) is 2.65. The number of hydrogen-bond acceptors (Lipinski definition) is 2. The Hall–Kier alpha value is -0.0800. The lowest BCUT2D eigenvalue weighted by atomic mass is 9.73. The van der Waals surface area contributed by atoms with E-state index in [2.05, 4.69) is 0 Å². The van der Waals surface area contributed by atoms with Gasteiger partial charge in [-0.3, -0.25) is 0 Å². The lowest BCUT2D eigenvalue weighted by molar-refractivity contribution is -0.0571. The molecule has 10 heavy (non-hydrogen) atoms. The molecule has 0 atom stereocenters. The van der Waals surface area contributed by atoms with E-state index in [0.717, 1.165) is 25.2 Å². The summed E-state index contributed by atoms with van der Waals surface area (Å²) in [5.74, 6) is 0.831. The van der Waals surface area contributed by atoms with E-state index in [9.17, 15) is 5.11 Å². The van der Waals surface area contributed by atoms with Crippen LogP contribution in [0.25, 0.3) is 0 Å². The van der Waals surface area contributed by atoms with Gasteiger partial charge >= 0.3 is 0 Å². The highest BCUT2D eigenvalue weighted by molar-refractivity contribution is 4.99. The molecule has 0 aliphatic heterocycles. The smallest absolute Gasteiger partial charge is 0.0680 e. The van der Waals surface area contributed by atoms with Crippen molar-refractivity contribution in [2.24, 2.45) is 11.7 Å². The van der Waals surface area contributed by atoms with Crippen molar-refractivity contribution in [3.63, 3.8) is 0 Å². The summed E-state index contributed by atoms with van der Waals surface area (Å²) in [5.41, 5.74) is 5.24. The SMILES string of the molecule is NC1CC(O)(CC2CC2)C1. The van der Waals surface area contributed by atoms with Crippen LogP contribution in [-0.2, 0) is 0 Å². The molecular formula is C8H15NO. The van der Waals surface area contributed by atoms with E-state index in [1.807, 2.05) is 0 Å². The van der Waals surface area contributed by atoms with Crippen LogP contribution in [0.1, 0.15) is 32.1 Å². The van der Waals surface area contributed by atoms with Crippen molar-refractivity contribution < 1.29 is 5.11 Å². The highest BCUT2D eigenvalue weighted by atomic mass is 16.3. The molecule has 0 bridgehead atoms. The zero-order valence-corrected chi connectivity index (χ0v) is 6.21. The van der Waals surface area contributed by atoms with Gasteiger partial charge in [0.15, 0.2) is 0 Å². The lowest BCUT2D eigenvalue weighted by Crippen LogP contribution is -2.51. The molecular weight excluding hydrogens is 126 g/mol. The molecule has 0 aromatic heterocycles. The molecule has 0 aromatic carbocycles. The topological polar surface area (TPSA) is 46.2 Å². The van der Waals surface area contributed by atoms with E-state index in [1.165, 1.54) is 12.8 Å². The zero-order chi connectivity index (χ0) is 7.19. The van der Waals surface area contributed by atoms with Gasteiger partial charge in [-0.15, -0.1) is 0 Å². The summed E-state index contributed by atoms with van der Waals surface area (Å²) < 4.78 is 0. The van der Waals surface area contributed by atoms with E-state index < -0.39 is 0 Å². The van der Waals surface area contributed by atoms with Crippen LogP contribution in [-0.4, -0.2) is 16.7 Å². The van der Waals surface area contributed by atoms with Crippen LogP contribution >= 0.6 is 0 Å². The molecule has 0 amide bonds. The molecule has 0 heterocycles.